The van der Waals surface area contributed by atoms with Gasteiger partial charge in [0.2, 0.25) is 0 Å². The van der Waals surface area contributed by atoms with E-state index in [0.29, 0.717) is 28.1 Å². The molecule has 0 aliphatic rings. The van der Waals surface area contributed by atoms with Crippen molar-refractivity contribution in [2.75, 3.05) is 17.2 Å². The summed E-state index contributed by atoms with van der Waals surface area (Å²) in [5, 5.41) is 6.56. The van der Waals surface area contributed by atoms with Crippen molar-refractivity contribution in [2.24, 2.45) is 5.92 Å². The molecule has 2 rings (SSSR count). The molecule has 1 aromatic heterocycles. The number of amides is 1. The van der Waals surface area contributed by atoms with Crippen LogP contribution in [0.15, 0.2) is 24.5 Å². The molecule has 24 heavy (non-hydrogen) atoms. The zero-order valence-electron chi connectivity index (χ0n) is 14.5. The van der Waals surface area contributed by atoms with Crippen LogP contribution in [0.5, 0.6) is 0 Å². The molecule has 0 spiro atoms. The Labute approximate surface area is 147 Å². The second-order valence-electron chi connectivity index (χ2n) is 6.29. The van der Waals surface area contributed by atoms with Gasteiger partial charge in [0.05, 0.1) is 10.7 Å². The summed E-state index contributed by atoms with van der Waals surface area (Å²) in [6.45, 7) is 9.00. The van der Waals surface area contributed by atoms with Crippen molar-refractivity contribution < 1.29 is 4.79 Å². The Balaban J connectivity index is 2.10. The zero-order chi connectivity index (χ0) is 17.7. The van der Waals surface area contributed by atoms with Crippen LogP contribution in [0.4, 0.5) is 11.5 Å². The maximum Gasteiger partial charge on any atom is 0.274 e. The number of benzene rings is 1. The number of aryl methyl sites for hydroxylation is 2. The highest BCUT2D eigenvalue weighted by Crippen LogP contribution is 2.27. The Morgan fingerprint density at radius 2 is 1.96 bits per heavy atom. The van der Waals surface area contributed by atoms with Crippen LogP contribution in [0.2, 0.25) is 5.02 Å². The van der Waals surface area contributed by atoms with Gasteiger partial charge >= 0.3 is 0 Å². The van der Waals surface area contributed by atoms with Crippen LogP contribution in [0, 0.1) is 19.8 Å². The molecular weight excluding hydrogens is 324 g/mol. The van der Waals surface area contributed by atoms with Crippen molar-refractivity contribution in [3.05, 3.63) is 46.4 Å². The molecule has 0 aliphatic heterocycles. The predicted octanol–water partition coefficient (Wildman–Crippen LogP) is 4.46. The third-order valence-corrected chi connectivity index (χ3v) is 3.90. The van der Waals surface area contributed by atoms with Crippen LogP contribution < -0.4 is 10.6 Å². The Morgan fingerprint density at radius 3 is 2.62 bits per heavy atom. The number of carbonyl (C=O) groups is 1. The van der Waals surface area contributed by atoms with E-state index in [1.807, 2.05) is 26.0 Å². The number of nitrogens with one attached hydrogen (secondary N) is 2. The lowest BCUT2D eigenvalue weighted by Crippen LogP contribution is -2.16. The van der Waals surface area contributed by atoms with E-state index < -0.39 is 0 Å². The molecule has 0 aliphatic carbocycles. The van der Waals surface area contributed by atoms with Crippen molar-refractivity contribution >= 4 is 29.0 Å². The summed E-state index contributed by atoms with van der Waals surface area (Å²) in [5.41, 5.74) is 2.88. The lowest BCUT2D eigenvalue weighted by atomic mass is 10.1. The van der Waals surface area contributed by atoms with Crippen molar-refractivity contribution in [3.63, 3.8) is 0 Å². The normalized spacial score (nSPS) is 10.8. The van der Waals surface area contributed by atoms with Crippen LogP contribution in [0.3, 0.4) is 0 Å². The highest BCUT2D eigenvalue weighted by molar-refractivity contribution is 6.34. The third-order valence-electron chi connectivity index (χ3n) is 3.60. The molecule has 5 nitrogen and oxygen atoms in total. The molecule has 0 unspecified atom stereocenters. The first-order chi connectivity index (χ1) is 11.4. The molecule has 0 radical (unpaired) electrons. The number of halogens is 1. The molecular formula is C18H23ClN4O. The Kier molecular flexibility index (Phi) is 6.15. The summed E-state index contributed by atoms with van der Waals surface area (Å²) in [5.74, 6) is 0.939. The molecule has 0 saturated heterocycles. The maximum absolute atomic E-state index is 12.4. The lowest BCUT2D eigenvalue weighted by Gasteiger charge is -2.12. The van der Waals surface area contributed by atoms with Gasteiger partial charge in [-0.3, -0.25) is 4.79 Å². The summed E-state index contributed by atoms with van der Waals surface area (Å²) < 4.78 is 0. The fourth-order valence-corrected chi connectivity index (χ4v) is 2.69. The van der Waals surface area contributed by atoms with Crippen LogP contribution in [0.25, 0.3) is 0 Å². The smallest absolute Gasteiger partial charge is 0.274 e. The standard InChI is InChI=1S/C18H23ClN4O/c1-11(2)5-6-20-16-9-15(21-10-22-16)18(24)23-17-13(4)7-12(3)8-14(17)19/h7-11H,5-6H2,1-4H3,(H,23,24)(H,20,21,22). The number of nitrogens with zero attached hydrogens (tertiary/aromatic N) is 2. The summed E-state index contributed by atoms with van der Waals surface area (Å²) in [7, 11) is 0. The number of carbonyl (C=O) groups excluding carboxylic acids is 1. The van der Waals surface area contributed by atoms with Gasteiger partial charge in [-0.1, -0.05) is 31.5 Å². The molecule has 1 aromatic carbocycles. The average molecular weight is 347 g/mol. The molecule has 1 heterocycles. The van der Waals surface area contributed by atoms with Crippen LogP contribution in [0.1, 0.15) is 41.9 Å². The van der Waals surface area contributed by atoms with Gasteiger partial charge in [-0.25, -0.2) is 9.97 Å². The molecule has 2 N–H and O–H groups in total. The van der Waals surface area contributed by atoms with E-state index in [2.05, 4.69) is 34.4 Å². The maximum atomic E-state index is 12.4. The van der Waals surface area contributed by atoms with Gasteiger partial charge in [-0.05, 0) is 43.4 Å². The average Bonchev–Trinajstić information content (AvgIpc) is 2.50. The molecule has 0 fully saturated rings. The number of hydrogen-bond acceptors (Lipinski definition) is 4. The molecule has 0 atom stereocenters. The van der Waals surface area contributed by atoms with Crippen LogP contribution >= 0.6 is 11.6 Å². The van der Waals surface area contributed by atoms with Crippen LogP contribution in [-0.4, -0.2) is 22.4 Å². The predicted molar refractivity (Wildman–Crippen MR) is 98.9 cm³/mol. The summed E-state index contributed by atoms with van der Waals surface area (Å²) >= 11 is 6.24. The summed E-state index contributed by atoms with van der Waals surface area (Å²) in [4.78, 5) is 20.6. The van der Waals surface area contributed by atoms with E-state index in [4.69, 9.17) is 11.6 Å². The Bertz CT molecular complexity index is 708. The van der Waals surface area contributed by atoms with E-state index >= 15 is 0 Å². The molecule has 128 valence electrons. The minimum absolute atomic E-state index is 0.299. The third kappa shape index (κ3) is 4.93. The highest BCUT2D eigenvalue weighted by Gasteiger charge is 2.13. The number of rotatable bonds is 6. The first kappa shape index (κ1) is 18.2. The molecule has 6 heteroatoms. The van der Waals surface area contributed by atoms with Crippen molar-refractivity contribution in [1.29, 1.82) is 0 Å². The zero-order valence-corrected chi connectivity index (χ0v) is 15.2. The monoisotopic (exact) mass is 346 g/mol. The molecule has 0 bridgehead atoms. The minimum atomic E-state index is -0.307. The first-order valence-electron chi connectivity index (χ1n) is 8.01. The van der Waals surface area contributed by atoms with E-state index in [0.717, 1.165) is 24.1 Å². The largest absolute Gasteiger partial charge is 0.370 e. The van der Waals surface area contributed by atoms with Gasteiger partial charge in [0.25, 0.3) is 5.91 Å². The molecule has 1 amide bonds. The van der Waals surface area contributed by atoms with Crippen LogP contribution in [-0.2, 0) is 0 Å². The highest BCUT2D eigenvalue weighted by atomic mass is 35.5. The van der Waals surface area contributed by atoms with Crippen molar-refractivity contribution in [2.45, 2.75) is 34.1 Å². The number of hydrogen-bond donors (Lipinski definition) is 2. The fourth-order valence-electron chi connectivity index (χ4n) is 2.32. The summed E-state index contributed by atoms with van der Waals surface area (Å²) in [6, 6.07) is 5.44. The van der Waals surface area contributed by atoms with E-state index in [9.17, 15) is 4.79 Å². The van der Waals surface area contributed by atoms with Crippen molar-refractivity contribution in [1.82, 2.24) is 9.97 Å². The SMILES string of the molecule is Cc1cc(C)c(NC(=O)c2cc(NCCC(C)C)ncn2)c(Cl)c1. The molecule has 0 saturated carbocycles. The summed E-state index contributed by atoms with van der Waals surface area (Å²) in [6.07, 6.45) is 2.42. The van der Waals surface area contributed by atoms with Gasteiger partial charge in [0.1, 0.15) is 17.8 Å². The molecule has 2 aromatic rings. The Hall–Kier alpha value is -2.14. The van der Waals surface area contributed by atoms with Crippen molar-refractivity contribution in [3.8, 4) is 0 Å². The quantitative estimate of drug-likeness (QED) is 0.810. The Morgan fingerprint density at radius 1 is 1.21 bits per heavy atom. The van der Waals surface area contributed by atoms with Gasteiger partial charge in [0, 0.05) is 12.6 Å². The van der Waals surface area contributed by atoms with E-state index in [-0.39, 0.29) is 5.91 Å². The second-order valence-corrected chi connectivity index (χ2v) is 6.70. The fraction of sp³-hybridized carbons (Fsp3) is 0.389. The van der Waals surface area contributed by atoms with Gasteiger partial charge < -0.3 is 10.6 Å². The van der Waals surface area contributed by atoms with E-state index in [1.54, 1.807) is 6.07 Å². The van der Waals surface area contributed by atoms with Gasteiger partial charge in [-0.2, -0.15) is 0 Å². The lowest BCUT2D eigenvalue weighted by molar-refractivity contribution is 0.102. The first-order valence-corrected chi connectivity index (χ1v) is 8.38. The number of aromatic nitrogens is 2. The van der Waals surface area contributed by atoms with Gasteiger partial charge in [0.15, 0.2) is 0 Å². The second kappa shape index (κ2) is 8.11. The number of anilines is 2. The van der Waals surface area contributed by atoms with Gasteiger partial charge in [-0.15, -0.1) is 0 Å². The topological polar surface area (TPSA) is 66.9 Å². The van der Waals surface area contributed by atoms with E-state index in [1.165, 1.54) is 6.33 Å². The minimum Gasteiger partial charge on any atom is -0.370 e.